The van der Waals surface area contributed by atoms with Crippen LogP contribution >= 0.6 is 0 Å². The summed E-state index contributed by atoms with van der Waals surface area (Å²) in [4.78, 5) is 15.2. The molecular weight excluding hydrogens is 342 g/mol. The van der Waals surface area contributed by atoms with Crippen molar-refractivity contribution >= 4 is 16.9 Å². The number of aromatic amines is 1. The number of para-hydroxylation sites is 1. The van der Waals surface area contributed by atoms with Crippen molar-refractivity contribution in [3.8, 4) is 0 Å². The third-order valence-corrected chi connectivity index (χ3v) is 4.60. The van der Waals surface area contributed by atoms with Gasteiger partial charge < -0.3 is 34.9 Å². The monoisotopic (exact) mass is 365 g/mol. The molecule has 1 aliphatic rings. The van der Waals surface area contributed by atoms with E-state index < -0.39 is 43.3 Å². The van der Waals surface area contributed by atoms with E-state index in [1.54, 1.807) is 0 Å². The lowest BCUT2D eigenvalue weighted by Crippen LogP contribution is -2.59. The highest BCUT2D eigenvalue weighted by Crippen LogP contribution is 2.23. The zero-order valence-corrected chi connectivity index (χ0v) is 14.1. The highest BCUT2D eigenvalue weighted by Gasteiger charge is 2.45. The number of aliphatic hydroxyl groups excluding tert-OH is 4. The standard InChI is InChI=1S/C18H23NO7/c20-9-13-15(22)16(23)17(24)18(25-13)26-14(21)7-3-4-10-8-19-12-6-2-1-5-11(10)12/h1-2,5-6,8,13,15-20,22-24H,3-4,7,9H2/t13?,15-,16?,17+,18+/m0/s1. The normalized spacial score (nSPS) is 29.0. The number of aryl methyl sites for hydroxylation is 1. The minimum Gasteiger partial charge on any atom is -0.433 e. The maximum atomic E-state index is 12.0. The third-order valence-electron chi connectivity index (χ3n) is 4.60. The molecule has 26 heavy (non-hydrogen) atoms. The van der Waals surface area contributed by atoms with E-state index >= 15 is 0 Å². The third kappa shape index (κ3) is 3.89. The molecule has 0 bridgehead atoms. The summed E-state index contributed by atoms with van der Waals surface area (Å²) in [6.07, 6.45) is -3.92. The van der Waals surface area contributed by atoms with Crippen LogP contribution in [0, 0.1) is 0 Å². The molecule has 1 saturated heterocycles. The lowest BCUT2D eigenvalue weighted by molar-refractivity contribution is -0.292. The summed E-state index contributed by atoms with van der Waals surface area (Å²) < 4.78 is 10.2. The molecule has 142 valence electrons. The van der Waals surface area contributed by atoms with Gasteiger partial charge in [0.15, 0.2) is 0 Å². The zero-order chi connectivity index (χ0) is 18.7. The number of aliphatic hydroxyl groups is 4. The van der Waals surface area contributed by atoms with E-state index in [1.165, 1.54) is 0 Å². The SMILES string of the molecule is O=C(CCCc1c[nH]c2ccccc12)O[C@H]1OC(CO)[C@H](O)C(O)[C@H]1O. The topological polar surface area (TPSA) is 132 Å². The summed E-state index contributed by atoms with van der Waals surface area (Å²) in [5.74, 6) is -0.589. The van der Waals surface area contributed by atoms with E-state index in [-0.39, 0.29) is 6.42 Å². The number of ether oxygens (including phenoxy) is 2. The lowest BCUT2D eigenvalue weighted by Gasteiger charge is -2.39. The van der Waals surface area contributed by atoms with Gasteiger partial charge in [-0.2, -0.15) is 0 Å². The molecule has 2 unspecified atom stereocenters. The highest BCUT2D eigenvalue weighted by molar-refractivity contribution is 5.83. The van der Waals surface area contributed by atoms with Crippen LogP contribution in [0.1, 0.15) is 18.4 Å². The van der Waals surface area contributed by atoms with Gasteiger partial charge in [0, 0.05) is 23.5 Å². The second-order valence-corrected chi connectivity index (χ2v) is 6.40. The van der Waals surface area contributed by atoms with Crippen molar-refractivity contribution in [1.82, 2.24) is 4.98 Å². The van der Waals surface area contributed by atoms with Crippen LogP contribution in [0.25, 0.3) is 10.9 Å². The van der Waals surface area contributed by atoms with Gasteiger partial charge in [0.2, 0.25) is 6.29 Å². The van der Waals surface area contributed by atoms with Crippen LogP contribution in [0.2, 0.25) is 0 Å². The fourth-order valence-electron chi connectivity index (χ4n) is 3.11. The first-order valence-electron chi connectivity index (χ1n) is 8.56. The predicted molar refractivity (Wildman–Crippen MR) is 91.1 cm³/mol. The van der Waals surface area contributed by atoms with Crippen LogP contribution in [-0.2, 0) is 20.7 Å². The van der Waals surface area contributed by atoms with Gasteiger partial charge in [0.25, 0.3) is 0 Å². The molecule has 0 aliphatic carbocycles. The number of esters is 1. The van der Waals surface area contributed by atoms with Crippen LogP contribution in [0.4, 0.5) is 0 Å². The number of aromatic nitrogens is 1. The van der Waals surface area contributed by atoms with Gasteiger partial charge in [-0.05, 0) is 24.5 Å². The van der Waals surface area contributed by atoms with Gasteiger partial charge in [0.1, 0.15) is 24.4 Å². The molecule has 3 rings (SSSR count). The van der Waals surface area contributed by atoms with Crippen LogP contribution in [0.5, 0.6) is 0 Å². The van der Waals surface area contributed by atoms with Crippen molar-refractivity contribution in [3.05, 3.63) is 36.0 Å². The number of benzene rings is 1. The van der Waals surface area contributed by atoms with Crippen LogP contribution in [0.3, 0.4) is 0 Å². The van der Waals surface area contributed by atoms with Crippen molar-refractivity contribution in [2.75, 3.05) is 6.61 Å². The zero-order valence-electron chi connectivity index (χ0n) is 14.1. The number of H-pyrrole nitrogens is 1. The van der Waals surface area contributed by atoms with E-state index in [0.29, 0.717) is 12.8 Å². The molecular formula is C18H23NO7. The summed E-state index contributed by atoms with van der Waals surface area (Å²) in [5.41, 5.74) is 2.13. The fraction of sp³-hybridized carbons (Fsp3) is 0.500. The largest absolute Gasteiger partial charge is 0.433 e. The van der Waals surface area contributed by atoms with Crippen molar-refractivity contribution < 1.29 is 34.7 Å². The van der Waals surface area contributed by atoms with E-state index in [1.807, 2.05) is 30.5 Å². The lowest BCUT2D eigenvalue weighted by atomic mass is 9.99. The molecule has 5 N–H and O–H groups in total. The minimum atomic E-state index is -1.58. The number of carbonyl (C=O) groups excluding carboxylic acids is 1. The quantitative estimate of drug-likeness (QED) is 0.449. The molecule has 1 aromatic carbocycles. The molecule has 1 aliphatic heterocycles. The molecule has 0 spiro atoms. The minimum absolute atomic E-state index is 0.106. The molecule has 8 heteroatoms. The van der Waals surface area contributed by atoms with Crippen molar-refractivity contribution in [2.24, 2.45) is 0 Å². The van der Waals surface area contributed by atoms with E-state index in [9.17, 15) is 20.1 Å². The van der Waals surface area contributed by atoms with Gasteiger partial charge in [-0.25, -0.2) is 0 Å². The Kier molecular flexibility index (Phi) is 5.90. The summed E-state index contributed by atoms with van der Waals surface area (Å²) in [6.45, 7) is -0.570. The Hall–Kier alpha value is -1.97. The van der Waals surface area contributed by atoms with Gasteiger partial charge in [-0.3, -0.25) is 4.79 Å². The summed E-state index contributed by atoms with van der Waals surface area (Å²) in [5, 5.41) is 39.5. The summed E-state index contributed by atoms with van der Waals surface area (Å²) >= 11 is 0. The molecule has 5 atom stereocenters. The van der Waals surface area contributed by atoms with Gasteiger partial charge in [0.05, 0.1) is 6.61 Å². The Morgan fingerprint density at radius 1 is 1.15 bits per heavy atom. The highest BCUT2D eigenvalue weighted by atomic mass is 16.7. The number of hydrogen-bond acceptors (Lipinski definition) is 7. The van der Waals surface area contributed by atoms with Crippen molar-refractivity contribution in [1.29, 1.82) is 0 Å². The summed E-state index contributed by atoms with van der Waals surface area (Å²) in [6, 6.07) is 7.88. The van der Waals surface area contributed by atoms with Crippen molar-refractivity contribution in [3.63, 3.8) is 0 Å². The molecule has 2 aromatic rings. The van der Waals surface area contributed by atoms with Crippen molar-refractivity contribution in [2.45, 2.75) is 50.0 Å². The number of rotatable bonds is 6. The Morgan fingerprint density at radius 3 is 2.69 bits per heavy atom. The number of hydrogen-bond donors (Lipinski definition) is 5. The Labute approximate surface area is 150 Å². The maximum absolute atomic E-state index is 12.0. The number of fused-ring (bicyclic) bond motifs is 1. The van der Waals surface area contributed by atoms with Crippen LogP contribution < -0.4 is 0 Å². The second-order valence-electron chi connectivity index (χ2n) is 6.40. The van der Waals surface area contributed by atoms with Gasteiger partial charge in [-0.15, -0.1) is 0 Å². The summed E-state index contributed by atoms with van der Waals surface area (Å²) in [7, 11) is 0. The molecule has 0 amide bonds. The smallest absolute Gasteiger partial charge is 0.308 e. The Bertz CT molecular complexity index is 744. The number of nitrogens with one attached hydrogen (secondary N) is 1. The first-order valence-corrected chi connectivity index (χ1v) is 8.56. The van der Waals surface area contributed by atoms with Crippen LogP contribution in [-0.4, -0.2) is 68.7 Å². The Morgan fingerprint density at radius 2 is 1.92 bits per heavy atom. The van der Waals surface area contributed by atoms with Gasteiger partial charge in [-0.1, -0.05) is 18.2 Å². The van der Waals surface area contributed by atoms with E-state index in [2.05, 4.69) is 4.98 Å². The molecule has 1 aromatic heterocycles. The molecule has 2 heterocycles. The average Bonchev–Trinajstić information content (AvgIpc) is 3.05. The molecule has 1 fully saturated rings. The Balaban J connectivity index is 1.51. The molecule has 0 saturated carbocycles. The first-order chi connectivity index (χ1) is 12.5. The van der Waals surface area contributed by atoms with E-state index in [0.717, 1.165) is 16.5 Å². The van der Waals surface area contributed by atoms with Gasteiger partial charge >= 0.3 is 5.97 Å². The molecule has 8 nitrogen and oxygen atoms in total. The maximum Gasteiger partial charge on any atom is 0.308 e. The average molecular weight is 365 g/mol. The fourth-order valence-corrected chi connectivity index (χ4v) is 3.11. The van der Waals surface area contributed by atoms with E-state index in [4.69, 9.17) is 14.6 Å². The first kappa shape index (κ1) is 18.8. The molecule has 0 radical (unpaired) electrons. The van der Waals surface area contributed by atoms with Crippen LogP contribution in [0.15, 0.2) is 30.5 Å². The second kappa shape index (κ2) is 8.15. The predicted octanol–water partition coefficient (Wildman–Crippen LogP) is -0.166. The number of carbonyl (C=O) groups is 1.